The van der Waals surface area contributed by atoms with Gasteiger partial charge in [0.2, 0.25) is 11.8 Å². The molecule has 1 N–H and O–H groups in total. The summed E-state index contributed by atoms with van der Waals surface area (Å²) in [4.78, 5) is 29.7. The molecule has 1 unspecified atom stereocenters. The van der Waals surface area contributed by atoms with E-state index in [4.69, 9.17) is 11.6 Å². The van der Waals surface area contributed by atoms with Crippen LogP contribution in [0.3, 0.4) is 0 Å². The molecule has 0 radical (unpaired) electrons. The molecule has 31 heavy (non-hydrogen) atoms. The van der Waals surface area contributed by atoms with Crippen molar-refractivity contribution < 1.29 is 9.59 Å². The van der Waals surface area contributed by atoms with E-state index in [0.717, 1.165) is 55.2 Å². The molecule has 164 valence electrons. The summed E-state index contributed by atoms with van der Waals surface area (Å²) in [5, 5.41) is 3.97. The molecule has 0 aliphatic carbocycles. The number of aryl methyl sites for hydroxylation is 1. The summed E-state index contributed by atoms with van der Waals surface area (Å²) in [5.74, 6) is -0.218. The first kappa shape index (κ1) is 21.8. The van der Waals surface area contributed by atoms with Gasteiger partial charge < -0.3 is 10.2 Å². The SMILES string of the molecule is CCc1ccccc1N1CC(C(=O)NC2CCN(Cc3ccc(Cl)cc3)CC2)CC1=O. The van der Waals surface area contributed by atoms with Gasteiger partial charge in [0, 0.05) is 49.4 Å². The first-order valence-electron chi connectivity index (χ1n) is 11.2. The number of nitrogens with one attached hydrogen (secondary N) is 1. The molecule has 0 bridgehead atoms. The number of carbonyl (C=O) groups excluding carboxylic acids is 2. The highest BCUT2D eigenvalue weighted by molar-refractivity contribution is 6.30. The summed E-state index contributed by atoms with van der Waals surface area (Å²) in [6.45, 7) is 5.36. The standard InChI is InChI=1S/C25H30ClN3O2/c1-2-19-5-3-4-6-23(19)29-17-20(15-24(29)30)25(31)27-22-11-13-28(14-12-22)16-18-7-9-21(26)10-8-18/h3-10,20,22H,2,11-17H2,1H3,(H,27,31). The Hall–Kier alpha value is -2.37. The fourth-order valence-corrected chi connectivity index (χ4v) is 4.72. The number of amides is 2. The maximum absolute atomic E-state index is 12.9. The van der Waals surface area contributed by atoms with Crippen molar-refractivity contribution in [3.63, 3.8) is 0 Å². The normalized spacial score (nSPS) is 20.3. The third-order valence-corrected chi connectivity index (χ3v) is 6.66. The van der Waals surface area contributed by atoms with E-state index in [9.17, 15) is 9.59 Å². The summed E-state index contributed by atoms with van der Waals surface area (Å²) in [6.07, 6.45) is 3.02. The van der Waals surface area contributed by atoms with Gasteiger partial charge in [-0.15, -0.1) is 0 Å². The molecule has 5 nitrogen and oxygen atoms in total. The van der Waals surface area contributed by atoms with Gasteiger partial charge in [0.25, 0.3) is 0 Å². The number of nitrogens with zero attached hydrogens (tertiary/aromatic N) is 2. The highest BCUT2D eigenvalue weighted by Gasteiger charge is 2.36. The molecule has 0 aromatic heterocycles. The van der Waals surface area contributed by atoms with Crippen molar-refractivity contribution in [1.82, 2.24) is 10.2 Å². The van der Waals surface area contributed by atoms with Crippen LogP contribution in [0.25, 0.3) is 0 Å². The number of piperidine rings is 1. The smallest absolute Gasteiger partial charge is 0.227 e. The topological polar surface area (TPSA) is 52.7 Å². The van der Waals surface area contributed by atoms with Crippen LogP contribution in [0.2, 0.25) is 5.02 Å². The van der Waals surface area contributed by atoms with Gasteiger partial charge in [-0.1, -0.05) is 48.9 Å². The van der Waals surface area contributed by atoms with Gasteiger partial charge in [0.1, 0.15) is 0 Å². The first-order chi connectivity index (χ1) is 15.0. The highest BCUT2D eigenvalue weighted by atomic mass is 35.5. The second-order valence-electron chi connectivity index (χ2n) is 8.57. The van der Waals surface area contributed by atoms with Gasteiger partial charge >= 0.3 is 0 Å². The van der Waals surface area contributed by atoms with Crippen molar-refractivity contribution in [2.24, 2.45) is 5.92 Å². The number of anilines is 1. The summed E-state index contributed by atoms with van der Waals surface area (Å²) < 4.78 is 0. The second-order valence-corrected chi connectivity index (χ2v) is 9.01. The van der Waals surface area contributed by atoms with E-state index in [2.05, 4.69) is 29.3 Å². The Labute approximate surface area is 189 Å². The number of hydrogen-bond donors (Lipinski definition) is 1. The number of para-hydroxylation sites is 1. The summed E-state index contributed by atoms with van der Waals surface area (Å²) >= 11 is 5.97. The molecule has 4 rings (SSSR count). The molecule has 1 atom stereocenters. The zero-order chi connectivity index (χ0) is 21.8. The molecular weight excluding hydrogens is 410 g/mol. The zero-order valence-electron chi connectivity index (χ0n) is 18.0. The van der Waals surface area contributed by atoms with Crippen LogP contribution in [-0.4, -0.2) is 42.4 Å². The lowest BCUT2D eigenvalue weighted by atomic mass is 10.0. The Kier molecular flexibility index (Phi) is 6.93. The Bertz CT molecular complexity index is 923. The molecule has 0 spiro atoms. The Morgan fingerprint density at radius 1 is 1.10 bits per heavy atom. The highest BCUT2D eigenvalue weighted by Crippen LogP contribution is 2.29. The monoisotopic (exact) mass is 439 g/mol. The van der Waals surface area contributed by atoms with Crippen molar-refractivity contribution in [3.8, 4) is 0 Å². The summed E-state index contributed by atoms with van der Waals surface area (Å²) in [7, 11) is 0. The van der Waals surface area contributed by atoms with E-state index in [-0.39, 0.29) is 23.8 Å². The molecule has 6 heteroatoms. The fraction of sp³-hybridized carbons (Fsp3) is 0.440. The summed E-state index contributed by atoms with van der Waals surface area (Å²) in [5.41, 5.74) is 3.34. The third-order valence-electron chi connectivity index (χ3n) is 6.41. The number of hydrogen-bond acceptors (Lipinski definition) is 3. The average molecular weight is 440 g/mol. The average Bonchev–Trinajstić information content (AvgIpc) is 3.18. The second kappa shape index (κ2) is 9.84. The van der Waals surface area contributed by atoms with Crippen LogP contribution in [0.15, 0.2) is 48.5 Å². The molecular formula is C25H30ClN3O2. The lowest BCUT2D eigenvalue weighted by Crippen LogP contribution is -2.46. The van der Waals surface area contributed by atoms with E-state index in [1.807, 2.05) is 36.4 Å². The van der Waals surface area contributed by atoms with Crippen molar-refractivity contribution in [3.05, 3.63) is 64.7 Å². The van der Waals surface area contributed by atoms with Crippen LogP contribution < -0.4 is 10.2 Å². The number of rotatable bonds is 6. The maximum Gasteiger partial charge on any atom is 0.227 e. The number of halogens is 1. The molecule has 2 aromatic rings. The van der Waals surface area contributed by atoms with Crippen LogP contribution >= 0.6 is 11.6 Å². The molecule has 2 aromatic carbocycles. The van der Waals surface area contributed by atoms with Crippen LogP contribution in [-0.2, 0) is 22.6 Å². The third kappa shape index (κ3) is 5.28. The van der Waals surface area contributed by atoms with Crippen LogP contribution in [0, 0.1) is 5.92 Å². The largest absolute Gasteiger partial charge is 0.353 e. The van der Waals surface area contributed by atoms with E-state index in [0.29, 0.717) is 13.0 Å². The van der Waals surface area contributed by atoms with Gasteiger partial charge in [-0.25, -0.2) is 0 Å². The zero-order valence-corrected chi connectivity index (χ0v) is 18.8. The summed E-state index contributed by atoms with van der Waals surface area (Å²) in [6, 6.07) is 16.1. The molecule has 2 aliphatic rings. The van der Waals surface area contributed by atoms with Crippen molar-refractivity contribution >= 4 is 29.1 Å². The maximum atomic E-state index is 12.9. The Balaban J connectivity index is 1.27. The van der Waals surface area contributed by atoms with E-state index in [1.54, 1.807) is 4.90 Å². The number of likely N-dealkylation sites (tertiary alicyclic amines) is 1. The molecule has 2 fully saturated rings. The van der Waals surface area contributed by atoms with Crippen molar-refractivity contribution in [2.75, 3.05) is 24.5 Å². The molecule has 2 saturated heterocycles. The quantitative estimate of drug-likeness (QED) is 0.739. The number of benzene rings is 2. The predicted octanol–water partition coefficient (Wildman–Crippen LogP) is 4.04. The van der Waals surface area contributed by atoms with Crippen LogP contribution in [0.4, 0.5) is 5.69 Å². The van der Waals surface area contributed by atoms with Gasteiger partial charge in [-0.05, 0) is 48.6 Å². The van der Waals surface area contributed by atoms with Gasteiger partial charge in [-0.3, -0.25) is 14.5 Å². The van der Waals surface area contributed by atoms with E-state index in [1.165, 1.54) is 5.56 Å². The van der Waals surface area contributed by atoms with Crippen LogP contribution in [0.5, 0.6) is 0 Å². The van der Waals surface area contributed by atoms with Crippen molar-refractivity contribution in [1.29, 1.82) is 0 Å². The van der Waals surface area contributed by atoms with Gasteiger partial charge in [-0.2, -0.15) is 0 Å². The number of carbonyl (C=O) groups is 2. The van der Waals surface area contributed by atoms with E-state index < -0.39 is 0 Å². The predicted molar refractivity (Wildman–Crippen MR) is 124 cm³/mol. The minimum Gasteiger partial charge on any atom is -0.353 e. The van der Waals surface area contributed by atoms with Crippen LogP contribution in [0.1, 0.15) is 37.3 Å². The Morgan fingerprint density at radius 2 is 1.81 bits per heavy atom. The van der Waals surface area contributed by atoms with Gasteiger partial charge in [0.05, 0.1) is 5.92 Å². The molecule has 2 aliphatic heterocycles. The Morgan fingerprint density at radius 3 is 2.52 bits per heavy atom. The minimum atomic E-state index is -0.274. The lowest BCUT2D eigenvalue weighted by molar-refractivity contribution is -0.127. The van der Waals surface area contributed by atoms with Crippen molar-refractivity contribution in [2.45, 2.75) is 45.2 Å². The van der Waals surface area contributed by atoms with Gasteiger partial charge in [0.15, 0.2) is 0 Å². The van der Waals surface area contributed by atoms with E-state index >= 15 is 0 Å². The molecule has 2 amide bonds. The molecule has 0 saturated carbocycles. The first-order valence-corrected chi connectivity index (χ1v) is 11.6. The lowest BCUT2D eigenvalue weighted by Gasteiger charge is -2.32. The minimum absolute atomic E-state index is 0.0148. The molecule has 2 heterocycles. The fourth-order valence-electron chi connectivity index (χ4n) is 4.59.